The number of nitrogens with one attached hydrogen (secondary N) is 1. The Morgan fingerprint density at radius 1 is 1.12 bits per heavy atom. The Bertz CT molecular complexity index is 667. The Morgan fingerprint density at radius 3 is 2.44 bits per heavy atom. The highest BCUT2D eigenvalue weighted by atomic mass is 16.5. The molecule has 1 saturated heterocycles. The van der Waals surface area contributed by atoms with Crippen molar-refractivity contribution in [3.05, 3.63) is 65.7 Å². The van der Waals surface area contributed by atoms with Gasteiger partial charge in [0.2, 0.25) is 0 Å². The Balaban J connectivity index is 1.72. The van der Waals surface area contributed by atoms with E-state index < -0.39 is 0 Å². The molecule has 1 fully saturated rings. The third-order valence-corrected chi connectivity index (χ3v) is 4.40. The molecular formula is C20H24N2O3. The highest BCUT2D eigenvalue weighted by Crippen LogP contribution is 2.17. The fraction of sp³-hybridized carbons (Fsp3) is 0.350. The summed E-state index contributed by atoms with van der Waals surface area (Å²) in [6, 6.07) is 17.2. The van der Waals surface area contributed by atoms with Gasteiger partial charge in [0, 0.05) is 25.2 Å². The molecule has 1 heterocycles. The van der Waals surface area contributed by atoms with Crippen LogP contribution < -0.4 is 10.1 Å². The van der Waals surface area contributed by atoms with E-state index in [9.17, 15) is 4.79 Å². The molecule has 1 amide bonds. The topological polar surface area (TPSA) is 50.8 Å². The van der Waals surface area contributed by atoms with Crippen molar-refractivity contribution in [1.82, 2.24) is 10.2 Å². The van der Waals surface area contributed by atoms with E-state index in [0.29, 0.717) is 5.56 Å². The first-order chi connectivity index (χ1) is 12.3. The van der Waals surface area contributed by atoms with Crippen molar-refractivity contribution in [3.8, 4) is 5.75 Å². The average Bonchev–Trinajstić information content (AvgIpc) is 2.69. The van der Waals surface area contributed by atoms with Crippen LogP contribution in [-0.2, 0) is 4.74 Å². The molecule has 2 aromatic rings. The maximum Gasteiger partial charge on any atom is 0.251 e. The number of carbonyl (C=O) groups is 1. The fourth-order valence-electron chi connectivity index (χ4n) is 2.95. The van der Waals surface area contributed by atoms with Crippen molar-refractivity contribution in [2.75, 3.05) is 40.0 Å². The van der Waals surface area contributed by atoms with E-state index in [1.54, 1.807) is 31.4 Å². The summed E-state index contributed by atoms with van der Waals surface area (Å²) < 4.78 is 10.6. The van der Waals surface area contributed by atoms with Crippen LogP contribution in [0.2, 0.25) is 0 Å². The van der Waals surface area contributed by atoms with Crippen LogP contribution >= 0.6 is 0 Å². The van der Waals surface area contributed by atoms with Gasteiger partial charge < -0.3 is 14.8 Å². The predicted molar refractivity (Wildman–Crippen MR) is 96.9 cm³/mol. The summed E-state index contributed by atoms with van der Waals surface area (Å²) in [5.74, 6) is 0.661. The number of hydrogen-bond donors (Lipinski definition) is 1. The zero-order valence-corrected chi connectivity index (χ0v) is 14.5. The minimum Gasteiger partial charge on any atom is -0.497 e. The molecule has 1 atom stereocenters. The molecule has 5 heteroatoms. The molecule has 5 nitrogen and oxygen atoms in total. The lowest BCUT2D eigenvalue weighted by Crippen LogP contribution is -2.43. The number of hydrogen-bond acceptors (Lipinski definition) is 4. The van der Waals surface area contributed by atoms with Crippen LogP contribution in [0.25, 0.3) is 0 Å². The molecule has 25 heavy (non-hydrogen) atoms. The summed E-state index contributed by atoms with van der Waals surface area (Å²) in [7, 11) is 1.61. The molecule has 0 radical (unpaired) electrons. The Morgan fingerprint density at radius 2 is 1.80 bits per heavy atom. The number of rotatable bonds is 6. The molecule has 1 aliphatic heterocycles. The molecular weight excluding hydrogens is 316 g/mol. The highest BCUT2D eigenvalue weighted by molar-refractivity contribution is 5.94. The van der Waals surface area contributed by atoms with Crippen LogP contribution in [0.4, 0.5) is 0 Å². The third kappa shape index (κ3) is 4.81. The molecule has 0 aromatic heterocycles. The summed E-state index contributed by atoms with van der Waals surface area (Å²) in [5, 5.41) is 3.17. The summed E-state index contributed by atoms with van der Waals surface area (Å²) in [5.41, 5.74) is 1.74. The van der Waals surface area contributed by atoms with Gasteiger partial charge in [0.15, 0.2) is 0 Å². The predicted octanol–water partition coefficient (Wildman–Crippen LogP) is 2.50. The van der Waals surface area contributed by atoms with Gasteiger partial charge in [-0.05, 0) is 29.8 Å². The van der Waals surface area contributed by atoms with E-state index in [0.717, 1.165) is 44.2 Å². The van der Waals surface area contributed by atoms with Gasteiger partial charge >= 0.3 is 0 Å². The summed E-state index contributed by atoms with van der Waals surface area (Å²) >= 11 is 0. The fourth-order valence-corrected chi connectivity index (χ4v) is 2.95. The zero-order chi connectivity index (χ0) is 17.5. The van der Waals surface area contributed by atoms with Crippen LogP contribution in [-0.4, -0.2) is 50.8 Å². The number of benzene rings is 2. The highest BCUT2D eigenvalue weighted by Gasteiger charge is 2.20. The lowest BCUT2D eigenvalue weighted by atomic mass is 10.1. The molecule has 0 spiro atoms. The monoisotopic (exact) mass is 340 g/mol. The van der Waals surface area contributed by atoms with Gasteiger partial charge in [-0.1, -0.05) is 30.3 Å². The molecule has 1 aliphatic rings. The first-order valence-corrected chi connectivity index (χ1v) is 8.56. The van der Waals surface area contributed by atoms with Gasteiger partial charge in [-0.3, -0.25) is 9.69 Å². The number of methoxy groups -OCH3 is 1. The largest absolute Gasteiger partial charge is 0.497 e. The summed E-state index contributed by atoms with van der Waals surface area (Å²) in [6.07, 6.45) is 0. The Hall–Kier alpha value is -2.37. The number of amides is 1. The minimum absolute atomic E-state index is 0.0612. The van der Waals surface area contributed by atoms with Crippen molar-refractivity contribution in [2.24, 2.45) is 0 Å². The van der Waals surface area contributed by atoms with E-state index in [2.05, 4.69) is 22.3 Å². The van der Waals surface area contributed by atoms with Crippen LogP contribution in [0.3, 0.4) is 0 Å². The van der Waals surface area contributed by atoms with Crippen molar-refractivity contribution in [2.45, 2.75) is 6.04 Å². The van der Waals surface area contributed by atoms with Crippen LogP contribution in [0.1, 0.15) is 22.0 Å². The van der Waals surface area contributed by atoms with E-state index in [1.807, 2.05) is 18.2 Å². The summed E-state index contributed by atoms with van der Waals surface area (Å²) in [6.45, 7) is 4.04. The van der Waals surface area contributed by atoms with Gasteiger partial charge in [0.05, 0.1) is 26.4 Å². The minimum atomic E-state index is -0.0789. The second kappa shape index (κ2) is 8.65. The smallest absolute Gasteiger partial charge is 0.251 e. The van der Waals surface area contributed by atoms with Crippen LogP contribution in [0, 0.1) is 0 Å². The third-order valence-electron chi connectivity index (χ3n) is 4.40. The molecule has 1 N–H and O–H groups in total. The molecule has 0 saturated carbocycles. The van der Waals surface area contributed by atoms with Crippen LogP contribution in [0.15, 0.2) is 54.6 Å². The second-order valence-electron chi connectivity index (χ2n) is 6.08. The van der Waals surface area contributed by atoms with Crippen molar-refractivity contribution < 1.29 is 14.3 Å². The van der Waals surface area contributed by atoms with Crippen molar-refractivity contribution >= 4 is 5.91 Å². The van der Waals surface area contributed by atoms with Gasteiger partial charge in [-0.15, -0.1) is 0 Å². The summed E-state index contributed by atoms with van der Waals surface area (Å²) in [4.78, 5) is 15.0. The van der Waals surface area contributed by atoms with E-state index >= 15 is 0 Å². The van der Waals surface area contributed by atoms with Gasteiger partial charge in [-0.2, -0.15) is 0 Å². The Labute approximate surface area is 148 Å². The molecule has 132 valence electrons. The van der Waals surface area contributed by atoms with E-state index in [4.69, 9.17) is 9.47 Å². The lowest BCUT2D eigenvalue weighted by molar-refractivity contribution is 0.0332. The number of carbonyl (C=O) groups excluding carboxylic acids is 1. The van der Waals surface area contributed by atoms with Gasteiger partial charge in [0.1, 0.15) is 5.75 Å². The SMILES string of the molecule is COc1ccc(C(=O)N[C@H](CN2CCOCC2)c2ccccc2)cc1. The molecule has 3 rings (SSSR count). The number of morpholine rings is 1. The lowest BCUT2D eigenvalue weighted by Gasteiger charge is -2.31. The number of nitrogens with zero attached hydrogens (tertiary/aromatic N) is 1. The maximum absolute atomic E-state index is 12.7. The first-order valence-electron chi connectivity index (χ1n) is 8.56. The quantitative estimate of drug-likeness (QED) is 0.878. The van der Waals surface area contributed by atoms with Crippen molar-refractivity contribution in [3.63, 3.8) is 0 Å². The molecule has 0 unspecified atom stereocenters. The molecule has 0 bridgehead atoms. The standard InChI is InChI=1S/C20H24N2O3/c1-24-18-9-7-17(8-10-18)20(23)21-19(16-5-3-2-4-6-16)15-22-11-13-25-14-12-22/h2-10,19H,11-15H2,1H3,(H,21,23)/t19-/m1/s1. The van der Waals surface area contributed by atoms with Gasteiger partial charge in [-0.25, -0.2) is 0 Å². The molecule has 0 aliphatic carbocycles. The van der Waals surface area contributed by atoms with Crippen LogP contribution in [0.5, 0.6) is 5.75 Å². The second-order valence-corrected chi connectivity index (χ2v) is 6.08. The average molecular weight is 340 g/mol. The zero-order valence-electron chi connectivity index (χ0n) is 14.5. The maximum atomic E-state index is 12.7. The Kier molecular flexibility index (Phi) is 6.04. The molecule has 2 aromatic carbocycles. The normalized spacial score (nSPS) is 16.2. The number of ether oxygens (including phenoxy) is 2. The van der Waals surface area contributed by atoms with E-state index in [-0.39, 0.29) is 11.9 Å². The first kappa shape index (κ1) is 17.5. The van der Waals surface area contributed by atoms with E-state index in [1.165, 1.54) is 0 Å². The van der Waals surface area contributed by atoms with Gasteiger partial charge in [0.25, 0.3) is 5.91 Å². The van der Waals surface area contributed by atoms with Crippen molar-refractivity contribution in [1.29, 1.82) is 0 Å².